The Morgan fingerprint density at radius 2 is 1.62 bits per heavy atom. The van der Waals surface area contributed by atoms with E-state index >= 15 is 0 Å². The van der Waals surface area contributed by atoms with Crippen LogP contribution in [0, 0.1) is 6.92 Å². The molecule has 1 N–H and O–H groups in total. The highest BCUT2D eigenvalue weighted by Crippen LogP contribution is 2.32. The fourth-order valence-electron chi connectivity index (χ4n) is 4.22. The Morgan fingerprint density at radius 1 is 0.952 bits per heavy atom. The summed E-state index contributed by atoms with van der Waals surface area (Å²) in [6.07, 6.45) is 0.714. The van der Waals surface area contributed by atoms with Gasteiger partial charge >= 0.3 is 0 Å². The molecule has 0 saturated heterocycles. The highest BCUT2D eigenvalue weighted by Gasteiger charge is 2.33. The van der Waals surface area contributed by atoms with Crippen molar-refractivity contribution < 1.29 is 27.5 Å². The van der Waals surface area contributed by atoms with Crippen molar-refractivity contribution >= 4 is 39.1 Å². The lowest BCUT2D eigenvalue weighted by Crippen LogP contribution is -2.52. The average Bonchev–Trinajstić information content (AvgIpc) is 2.98. The number of methoxy groups -OCH3 is 2. The van der Waals surface area contributed by atoms with Gasteiger partial charge in [-0.25, -0.2) is 8.42 Å². The Hall–Kier alpha value is -3.76. The second kappa shape index (κ2) is 14.4. The van der Waals surface area contributed by atoms with Gasteiger partial charge in [0.15, 0.2) is 11.5 Å². The van der Waals surface area contributed by atoms with Gasteiger partial charge in [0.1, 0.15) is 12.6 Å². The molecule has 2 amide bonds. The highest BCUT2D eigenvalue weighted by molar-refractivity contribution is 7.92. The lowest BCUT2D eigenvalue weighted by Gasteiger charge is -2.32. The number of ether oxygens (including phenoxy) is 2. The van der Waals surface area contributed by atoms with Crippen LogP contribution in [-0.4, -0.2) is 58.0 Å². The standard InChI is InChI=1S/C31H38ClN3O6S/c1-7-22(3)33-31(37)23(4)34(19-24-9-8-10-25(32)17-24)30(36)20-35(26-13-11-21(2)12-14-26)42(38,39)27-15-16-28(40-5)29(18-27)41-6/h8-18,22-23H,7,19-20H2,1-6H3,(H,33,37)/t22-,23+/m1/s1. The number of nitrogens with one attached hydrogen (secondary N) is 1. The molecule has 0 aromatic heterocycles. The normalized spacial score (nSPS) is 12.6. The Bertz CT molecular complexity index is 1500. The van der Waals surface area contributed by atoms with E-state index in [2.05, 4.69) is 5.32 Å². The van der Waals surface area contributed by atoms with Crippen LogP contribution in [-0.2, 0) is 26.2 Å². The van der Waals surface area contributed by atoms with E-state index < -0.39 is 28.5 Å². The Kier molecular flexibility index (Phi) is 11.2. The lowest BCUT2D eigenvalue weighted by molar-refractivity contribution is -0.139. The maximum atomic E-state index is 14.1. The van der Waals surface area contributed by atoms with Crippen LogP contribution in [0.4, 0.5) is 5.69 Å². The molecular formula is C31H38ClN3O6S. The van der Waals surface area contributed by atoms with Crippen LogP contribution in [0.15, 0.2) is 71.6 Å². The quantitative estimate of drug-likeness (QED) is 0.284. The molecule has 0 fully saturated rings. The number of hydrogen-bond acceptors (Lipinski definition) is 6. The molecule has 0 aliphatic heterocycles. The molecule has 3 aromatic rings. The molecule has 3 rings (SSSR count). The third-order valence-electron chi connectivity index (χ3n) is 6.95. The van der Waals surface area contributed by atoms with Crippen molar-refractivity contribution in [1.82, 2.24) is 10.2 Å². The number of halogens is 1. The van der Waals surface area contributed by atoms with E-state index in [1.165, 1.54) is 37.3 Å². The minimum Gasteiger partial charge on any atom is -0.493 e. The van der Waals surface area contributed by atoms with Gasteiger partial charge in [0.05, 0.1) is 24.8 Å². The average molecular weight is 616 g/mol. The van der Waals surface area contributed by atoms with Gasteiger partial charge in [-0.3, -0.25) is 13.9 Å². The molecular weight excluding hydrogens is 578 g/mol. The van der Waals surface area contributed by atoms with Gasteiger partial charge in [-0.1, -0.05) is 48.4 Å². The molecule has 0 radical (unpaired) electrons. The molecule has 0 heterocycles. The van der Waals surface area contributed by atoms with Gasteiger partial charge in [-0.2, -0.15) is 0 Å². The van der Waals surface area contributed by atoms with Crippen LogP contribution in [0.2, 0.25) is 5.02 Å². The molecule has 226 valence electrons. The van der Waals surface area contributed by atoms with Gasteiger partial charge in [-0.15, -0.1) is 0 Å². The van der Waals surface area contributed by atoms with Gasteiger partial charge in [0.2, 0.25) is 11.8 Å². The summed E-state index contributed by atoms with van der Waals surface area (Å²) in [6.45, 7) is 6.82. The molecule has 0 aliphatic rings. The van der Waals surface area contributed by atoms with E-state index in [4.69, 9.17) is 21.1 Å². The molecule has 0 bridgehead atoms. The number of carbonyl (C=O) groups is 2. The molecule has 3 aromatic carbocycles. The SMILES string of the molecule is CC[C@@H](C)NC(=O)[C@H](C)N(Cc1cccc(Cl)c1)C(=O)CN(c1ccc(C)cc1)S(=O)(=O)c1ccc(OC)c(OC)c1. The topological polar surface area (TPSA) is 105 Å². The van der Waals surface area contributed by atoms with Crippen LogP contribution < -0.4 is 19.1 Å². The Labute approximate surface area is 253 Å². The maximum absolute atomic E-state index is 14.1. The molecule has 0 aliphatic carbocycles. The minimum absolute atomic E-state index is 0.0482. The second-order valence-electron chi connectivity index (χ2n) is 10.0. The zero-order valence-electron chi connectivity index (χ0n) is 24.8. The van der Waals surface area contributed by atoms with Gasteiger partial charge in [-0.05, 0) is 69.2 Å². The second-order valence-corrected chi connectivity index (χ2v) is 12.3. The summed E-state index contributed by atoms with van der Waals surface area (Å²) in [5.41, 5.74) is 1.92. The predicted molar refractivity (Wildman–Crippen MR) is 165 cm³/mol. The molecule has 11 heteroatoms. The van der Waals surface area contributed by atoms with Crippen molar-refractivity contribution in [3.8, 4) is 11.5 Å². The van der Waals surface area contributed by atoms with E-state index in [0.29, 0.717) is 28.4 Å². The molecule has 0 unspecified atom stereocenters. The van der Waals surface area contributed by atoms with Gasteiger partial charge < -0.3 is 19.7 Å². The van der Waals surface area contributed by atoms with Crippen LogP contribution in [0.3, 0.4) is 0 Å². The molecule has 0 saturated carbocycles. The summed E-state index contributed by atoms with van der Waals surface area (Å²) in [5.74, 6) is -0.314. The summed E-state index contributed by atoms with van der Waals surface area (Å²) in [5, 5.41) is 3.40. The first-order valence-corrected chi connectivity index (χ1v) is 15.4. The van der Waals surface area contributed by atoms with Gasteiger partial charge in [0, 0.05) is 23.7 Å². The summed E-state index contributed by atoms with van der Waals surface area (Å²) in [7, 11) is -1.41. The number of carbonyl (C=O) groups excluding carboxylic acids is 2. The van der Waals surface area contributed by atoms with Crippen LogP contribution in [0.5, 0.6) is 11.5 Å². The fraction of sp³-hybridized carbons (Fsp3) is 0.355. The van der Waals surface area contributed by atoms with Crippen molar-refractivity contribution in [2.24, 2.45) is 0 Å². The number of rotatable bonds is 13. The number of sulfonamides is 1. The summed E-state index contributed by atoms with van der Waals surface area (Å²) in [6, 6.07) is 17.0. The minimum atomic E-state index is -4.27. The first-order valence-electron chi connectivity index (χ1n) is 13.6. The van der Waals surface area contributed by atoms with E-state index in [-0.39, 0.29) is 29.1 Å². The maximum Gasteiger partial charge on any atom is 0.264 e. The monoisotopic (exact) mass is 615 g/mol. The smallest absolute Gasteiger partial charge is 0.264 e. The van der Waals surface area contributed by atoms with E-state index in [9.17, 15) is 18.0 Å². The molecule has 2 atom stereocenters. The van der Waals surface area contributed by atoms with Crippen molar-refractivity contribution in [2.75, 3.05) is 25.1 Å². The zero-order chi connectivity index (χ0) is 31.0. The number of hydrogen-bond donors (Lipinski definition) is 1. The van der Waals surface area contributed by atoms with E-state index in [1.807, 2.05) is 20.8 Å². The third kappa shape index (κ3) is 7.95. The van der Waals surface area contributed by atoms with Crippen molar-refractivity contribution in [1.29, 1.82) is 0 Å². The van der Waals surface area contributed by atoms with Crippen LogP contribution >= 0.6 is 11.6 Å². The Morgan fingerprint density at radius 3 is 2.21 bits per heavy atom. The van der Waals surface area contributed by atoms with E-state index in [0.717, 1.165) is 9.87 Å². The Balaban J connectivity index is 2.06. The van der Waals surface area contributed by atoms with Crippen molar-refractivity contribution in [2.45, 2.75) is 57.6 Å². The van der Waals surface area contributed by atoms with Gasteiger partial charge in [0.25, 0.3) is 10.0 Å². The number of aryl methyl sites for hydroxylation is 1. The van der Waals surface area contributed by atoms with Crippen molar-refractivity contribution in [3.63, 3.8) is 0 Å². The highest BCUT2D eigenvalue weighted by atomic mass is 35.5. The zero-order valence-corrected chi connectivity index (χ0v) is 26.3. The molecule has 0 spiro atoms. The number of amides is 2. The fourth-order valence-corrected chi connectivity index (χ4v) is 5.87. The van der Waals surface area contributed by atoms with Crippen LogP contribution in [0.1, 0.15) is 38.3 Å². The lowest BCUT2D eigenvalue weighted by atomic mass is 10.1. The van der Waals surface area contributed by atoms with Crippen molar-refractivity contribution in [3.05, 3.63) is 82.9 Å². The summed E-state index contributed by atoms with van der Waals surface area (Å²) in [4.78, 5) is 28.5. The number of anilines is 1. The van der Waals surface area contributed by atoms with E-state index in [1.54, 1.807) is 55.5 Å². The first-order chi connectivity index (χ1) is 19.9. The number of nitrogens with zero attached hydrogens (tertiary/aromatic N) is 2. The predicted octanol–water partition coefficient (Wildman–Crippen LogP) is 5.19. The third-order valence-corrected chi connectivity index (χ3v) is 8.96. The van der Waals surface area contributed by atoms with Crippen LogP contribution in [0.25, 0.3) is 0 Å². The molecule has 9 nitrogen and oxygen atoms in total. The summed E-state index contributed by atoms with van der Waals surface area (Å²) >= 11 is 6.20. The first kappa shape index (κ1) is 32.8. The number of benzene rings is 3. The summed E-state index contributed by atoms with van der Waals surface area (Å²) < 4.78 is 39.8. The largest absolute Gasteiger partial charge is 0.493 e. The molecule has 42 heavy (non-hydrogen) atoms.